The van der Waals surface area contributed by atoms with Crippen molar-refractivity contribution >= 4 is 5.91 Å². The smallest absolute Gasteiger partial charge is 0.270 e. The van der Waals surface area contributed by atoms with Gasteiger partial charge in [0.2, 0.25) is 5.91 Å². The number of hydrogen-bond acceptors (Lipinski definition) is 2. The molecule has 0 fully saturated rings. The highest BCUT2D eigenvalue weighted by atomic mass is 19.3. The summed E-state index contributed by atoms with van der Waals surface area (Å²) in [6.45, 7) is 5.16. The molecule has 1 aromatic rings. The Balaban J connectivity index is 2.99. The van der Waals surface area contributed by atoms with Crippen molar-refractivity contribution in [2.45, 2.75) is 58.5 Å². The van der Waals surface area contributed by atoms with Crippen molar-refractivity contribution in [1.29, 1.82) is 0 Å². The van der Waals surface area contributed by atoms with E-state index < -0.39 is 29.0 Å². The number of likely N-dealkylation sites (N-methyl/N-ethyl adjacent to an activating group) is 1. The van der Waals surface area contributed by atoms with Crippen LogP contribution in [0.2, 0.25) is 0 Å². The van der Waals surface area contributed by atoms with Gasteiger partial charge in [-0.05, 0) is 43.1 Å². The van der Waals surface area contributed by atoms with Crippen LogP contribution in [-0.4, -0.2) is 19.0 Å². The van der Waals surface area contributed by atoms with E-state index in [-0.39, 0.29) is 23.9 Å². The lowest BCUT2D eigenvalue weighted by Crippen LogP contribution is -2.43. The first-order chi connectivity index (χ1) is 11.3. The Labute approximate surface area is 146 Å². The molecule has 2 N–H and O–H groups in total. The molecule has 0 aliphatic heterocycles. The first-order valence-corrected chi connectivity index (χ1v) is 8.20. The highest BCUT2D eigenvalue weighted by molar-refractivity contribution is 5.81. The van der Waals surface area contributed by atoms with Gasteiger partial charge in [0.1, 0.15) is 0 Å². The second kappa shape index (κ2) is 8.17. The zero-order chi connectivity index (χ0) is 19.4. The molecule has 7 heteroatoms. The summed E-state index contributed by atoms with van der Waals surface area (Å²) in [7, 11) is 1.65. The molecular formula is C18H26F4N2O. The van der Waals surface area contributed by atoms with Crippen LogP contribution in [0.25, 0.3) is 0 Å². The number of hydrogen-bond donors (Lipinski definition) is 2. The predicted octanol–water partition coefficient (Wildman–Crippen LogP) is 4.16. The van der Waals surface area contributed by atoms with Crippen LogP contribution in [-0.2, 0) is 23.2 Å². The molecule has 1 atom stereocenters. The second-order valence-electron chi connectivity index (χ2n) is 6.88. The Morgan fingerprint density at radius 3 is 1.88 bits per heavy atom. The summed E-state index contributed by atoms with van der Waals surface area (Å²) in [5, 5.41) is 5.51. The molecule has 0 aliphatic rings. The van der Waals surface area contributed by atoms with Crippen molar-refractivity contribution in [1.82, 2.24) is 10.6 Å². The van der Waals surface area contributed by atoms with Crippen molar-refractivity contribution in [3.63, 3.8) is 0 Å². The minimum Gasteiger partial charge on any atom is -0.351 e. The molecule has 3 nitrogen and oxygen atoms in total. The number of alkyl halides is 4. The van der Waals surface area contributed by atoms with Crippen LogP contribution in [0.1, 0.15) is 50.8 Å². The van der Waals surface area contributed by atoms with Crippen molar-refractivity contribution in [2.75, 3.05) is 7.05 Å². The van der Waals surface area contributed by atoms with E-state index in [1.165, 1.54) is 0 Å². The van der Waals surface area contributed by atoms with Gasteiger partial charge in [-0.15, -0.1) is 0 Å². The molecule has 0 aromatic heterocycles. The highest BCUT2D eigenvalue weighted by Gasteiger charge is 2.31. The van der Waals surface area contributed by atoms with E-state index in [9.17, 15) is 22.4 Å². The van der Waals surface area contributed by atoms with E-state index in [2.05, 4.69) is 10.6 Å². The van der Waals surface area contributed by atoms with Gasteiger partial charge in [-0.3, -0.25) is 4.79 Å². The quantitative estimate of drug-likeness (QED) is 0.682. The van der Waals surface area contributed by atoms with Crippen LogP contribution in [0, 0.1) is 5.92 Å². The molecule has 1 aromatic carbocycles. The standard InChI is InChI=1S/C18H26F4N2O/c1-11(2)6-15(23-5)16(25)24-10-12-7-13(17(3,19)20)9-14(8-12)18(4,21)22/h7-9,11,15,23H,6,10H2,1-5H3,(H,24,25). The van der Waals surface area contributed by atoms with E-state index >= 15 is 0 Å². The lowest BCUT2D eigenvalue weighted by molar-refractivity contribution is -0.123. The van der Waals surface area contributed by atoms with Gasteiger partial charge in [0.05, 0.1) is 6.04 Å². The normalized spacial score (nSPS) is 13.8. The largest absolute Gasteiger partial charge is 0.351 e. The average Bonchev–Trinajstić information content (AvgIpc) is 2.48. The maximum Gasteiger partial charge on any atom is 0.270 e. The number of rotatable bonds is 8. The summed E-state index contributed by atoms with van der Waals surface area (Å²) in [4.78, 5) is 12.2. The summed E-state index contributed by atoms with van der Waals surface area (Å²) in [5.41, 5.74) is -0.783. The number of carbonyl (C=O) groups excluding carboxylic acids is 1. The van der Waals surface area contributed by atoms with Gasteiger partial charge in [-0.1, -0.05) is 13.8 Å². The van der Waals surface area contributed by atoms with E-state index in [0.29, 0.717) is 20.3 Å². The fourth-order valence-corrected chi connectivity index (χ4v) is 2.44. The van der Waals surface area contributed by atoms with Crippen LogP contribution in [0.4, 0.5) is 17.6 Å². The van der Waals surface area contributed by atoms with Crippen LogP contribution >= 0.6 is 0 Å². The third-order valence-corrected chi connectivity index (χ3v) is 3.85. The first kappa shape index (κ1) is 21.4. The van der Waals surface area contributed by atoms with E-state index in [1.807, 2.05) is 13.8 Å². The summed E-state index contributed by atoms with van der Waals surface area (Å²) < 4.78 is 54.3. The Morgan fingerprint density at radius 1 is 1.04 bits per heavy atom. The number of halogens is 4. The molecule has 142 valence electrons. The van der Waals surface area contributed by atoms with Gasteiger partial charge in [0.25, 0.3) is 11.8 Å². The van der Waals surface area contributed by atoms with Crippen LogP contribution in [0.5, 0.6) is 0 Å². The molecular weight excluding hydrogens is 336 g/mol. The number of nitrogens with one attached hydrogen (secondary N) is 2. The third kappa shape index (κ3) is 6.65. The fraction of sp³-hybridized carbons (Fsp3) is 0.611. The van der Waals surface area contributed by atoms with Gasteiger partial charge in [-0.25, -0.2) is 17.6 Å². The molecule has 25 heavy (non-hydrogen) atoms. The SMILES string of the molecule is CNC(CC(C)C)C(=O)NCc1cc(C(C)(F)F)cc(C(C)(F)F)c1. The van der Waals surface area contributed by atoms with Gasteiger partial charge in [0, 0.05) is 31.5 Å². The second-order valence-corrected chi connectivity index (χ2v) is 6.88. The molecule has 1 amide bonds. The molecule has 1 unspecified atom stereocenters. The van der Waals surface area contributed by atoms with E-state index in [4.69, 9.17) is 0 Å². The molecule has 0 aliphatic carbocycles. The summed E-state index contributed by atoms with van der Waals surface area (Å²) in [6, 6.07) is 2.67. The Bertz CT molecular complexity index is 559. The average molecular weight is 362 g/mol. The monoisotopic (exact) mass is 362 g/mol. The topological polar surface area (TPSA) is 41.1 Å². The molecule has 0 saturated heterocycles. The zero-order valence-corrected chi connectivity index (χ0v) is 15.2. The van der Waals surface area contributed by atoms with Crippen LogP contribution < -0.4 is 10.6 Å². The van der Waals surface area contributed by atoms with Crippen molar-refractivity contribution in [3.05, 3.63) is 34.9 Å². The fourth-order valence-electron chi connectivity index (χ4n) is 2.44. The molecule has 0 bridgehead atoms. The maximum atomic E-state index is 13.6. The Hall–Kier alpha value is -1.63. The summed E-state index contributed by atoms with van der Waals surface area (Å²) in [5.74, 6) is -6.50. The molecule has 1 rings (SSSR count). The molecule has 0 heterocycles. The molecule has 0 spiro atoms. The number of amides is 1. The van der Waals surface area contributed by atoms with Gasteiger partial charge < -0.3 is 10.6 Å². The van der Waals surface area contributed by atoms with Crippen molar-refractivity contribution in [2.24, 2.45) is 5.92 Å². The zero-order valence-electron chi connectivity index (χ0n) is 15.2. The van der Waals surface area contributed by atoms with Gasteiger partial charge in [-0.2, -0.15) is 0 Å². The molecule has 0 saturated carbocycles. The number of carbonyl (C=O) groups is 1. The minimum atomic E-state index is -3.24. The van der Waals surface area contributed by atoms with Gasteiger partial charge >= 0.3 is 0 Å². The summed E-state index contributed by atoms with van der Waals surface area (Å²) >= 11 is 0. The lowest BCUT2D eigenvalue weighted by Gasteiger charge is -2.20. The third-order valence-electron chi connectivity index (χ3n) is 3.85. The highest BCUT2D eigenvalue weighted by Crippen LogP contribution is 2.34. The van der Waals surface area contributed by atoms with Crippen LogP contribution in [0.15, 0.2) is 18.2 Å². The van der Waals surface area contributed by atoms with Crippen LogP contribution in [0.3, 0.4) is 0 Å². The van der Waals surface area contributed by atoms with Crippen molar-refractivity contribution < 1.29 is 22.4 Å². The van der Waals surface area contributed by atoms with Crippen molar-refractivity contribution in [3.8, 4) is 0 Å². The van der Waals surface area contributed by atoms with Gasteiger partial charge in [0.15, 0.2) is 0 Å². The summed E-state index contributed by atoms with van der Waals surface area (Å²) in [6.07, 6.45) is 0.605. The maximum absolute atomic E-state index is 13.6. The Kier molecular flexibility index (Phi) is 6.99. The first-order valence-electron chi connectivity index (χ1n) is 8.20. The number of benzene rings is 1. The van der Waals surface area contributed by atoms with E-state index in [1.54, 1.807) is 7.05 Å². The molecule has 0 radical (unpaired) electrons. The minimum absolute atomic E-state index is 0.0951. The Morgan fingerprint density at radius 2 is 1.52 bits per heavy atom. The lowest BCUT2D eigenvalue weighted by atomic mass is 9.98. The van der Waals surface area contributed by atoms with E-state index in [0.717, 1.165) is 18.2 Å². The predicted molar refractivity (Wildman–Crippen MR) is 89.7 cm³/mol.